The minimum Gasteiger partial charge on any atom is -0.376 e. The molecular weight excluding hydrogens is 256 g/mol. The van der Waals surface area contributed by atoms with Crippen molar-refractivity contribution in [3.8, 4) is 0 Å². The number of likely N-dealkylation sites (N-methyl/N-ethyl adjacent to an activating group) is 1. The largest absolute Gasteiger partial charge is 0.376 e. The number of nitrogens with zero attached hydrogens (tertiary/aromatic N) is 2. The number of ether oxygens (including phenoxy) is 1. The van der Waals surface area contributed by atoms with Crippen LogP contribution < -0.4 is 0 Å². The Labute approximate surface area is 120 Å². The summed E-state index contributed by atoms with van der Waals surface area (Å²) >= 11 is 1.80. The molecule has 2 saturated heterocycles. The normalized spacial score (nSPS) is 31.8. The van der Waals surface area contributed by atoms with Crippen molar-refractivity contribution in [2.45, 2.75) is 19.1 Å². The molecule has 0 saturated carbocycles. The van der Waals surface area contributed by atoms with E-state index in [1.807, 2.05) is 0 Å². The van der Waals surface area contributed by atoms with Crippen molar-refractivity contribution >= 4 is 11.3 Å². The molecule has 0 spiro atoms. The molecule has 0 bridgehead atoms. The van der Waals surface area contributed by atoms with E-state index in [0.29, 0.717) is 6.10 Å². The zero-order valence-corrected chi connectivity index (χ0v) is 12.7. The molecule has 3 rings (SSSR count). The maximum Gasteiger partial charge on any atom is 0.0734 e. The van der Waals surface area contributed by atoms with Crippen molar-refractivity contribution in [1.82, 2.24) is 9.80 Å². The second-order valence-corrected chi connectivity index (χ2v) is 6.99. The highest BCUT2D eigenvalue weighted by molar-refractivity contribution is 7.07. The number of fused-ring (bicyclic) bond motifs is 1. The van der Waals surface area contributed by atoms with Gasteiger partial charge in [-0.05, 0) is 55.4 Å². The first-order valence-corrected chi connectivity index (χ1v) is 8.16. The summed E-state index contributed by atoms with van der Waals surface area (Å²) < 4.78 is 6.03. The molecule has 106 valence electrons. The van der Waals surface area contributed by atoms with Crippen LogP contribution in [0.25, 0.3) is 0 Å². The average molecular weight is 280 g/mol. The maximum absolute atomic E-state index is 6.03. The Hall–Kier alpha value is -0.420. The molecule has 0 aromatic carbocycles. The van der Waals surface area contributed by atoms with Crippen LogP contribution in [0.5, 0.6) is 0 Å². The standard InChI is InChI=1S/C15H24N2OS/c1-16(2)9-15-14-3-5-17(8-13(14)10-18-15)7-12-4-6-19-11-12/h4,6,11,13-15H,3,5,7-10H2,1-2H3/t13-,14-,15-/m0/s1. The highest BCUT2D eigenvalue weighted by atomic mass is 32.1. The summed E-state index contributed by atoms with van der Waals surface area (Å²) in [6, 6.07) is 2.25. The van der Waals surface area contributed by atoms with Crippen molar-refractivity contribution in [3.05, 3.63) is 22.4 Å². The predicted octanol–water partition coefficient (Wildman–Crippen LogP) is 2.15. The van der Waals surface area contributed by atoms with Crippen LogP contribution in [0.15, 0.2) is 16.8 Å². The lowest BCUT2D eigenvalue weighted by Gasteiger charge is -2.36. The predicted molar refractivity (Wildman–Crippen MR) is 79.5 cm³/mol. The van der Waals surface area contributed by atoms with E-state index in [1.54, 1.807) is 11.3 Å². The zero-order chi connectivity index (χ0) is 13.2. The number of hydrogen-bond acceptors (Lipinski definition) is 4. The number of thiophene rings is 1. The fraction of sp³-hybridized carbons (Fsp3) is 0.733. The fourth-order valence-electron chi connectivity index (χ4n) is 3.49. The average Bonchev–Trinajstić information content (AvgIpc) is 2.99. The molecule has 3 nitrogen and oxygen atoms in total. The van der Waals surface area contributed by atoms with Gasteiger partial charge in [0.15, 0.2) is 0 Å². The van der Waals surface area contributed by atoms with Gasteiger partial charge in [-0.3, -0.25) is 4.90 Å². The highest BCUT2D eigenvalue weighted by Crippen LogP contribution is 2.35. The van der Waals surface area contributed by atoms with Crippen molar-refractivity contribution in [1.29, 1.82) is 0 Å². The van der Waals surface area contributed by atoms with Crippen LogP contribution >= 0.6 is 11.3 Å². The van der Waals surface area contributed by atoms with Gasteiger partial charge in [0.1, 0.15) is 0 Å². The maximum atomic E-state index is 6.03. The van der Waals surface area contributed by atoms with E-state index in [0.717, 1.165) is 31.5 Å². The first-order valence-electron chi connectivity index (χ1n) is 7.22. The van der Waals surface area contributed by atoms with Gasteiger partial charge in [0.05, 0.1) is 12.7 Å². The van der Waals surface area contributed by atoms with Crippen molar-refractivity contribution in [2.75, 3.05) is 40.3 Å². The topological polar surface area (TPSA) is 15.7 Å². The Morgan fingerprint density at radius 2 is 2.37 bits per heavy atom. The van der Waals surface area contributed by atoms with Gasteiger partial charge >= 0.3 is 0 Å². The van der Waals surface area contributed by atoms with Crippen LogP contribution in [-0.4, -0.2) is 56.2 Å². The molecule has 0 aliphatic carbocycles. The second-order valence-electron chi connectivity index (χ2n) is 6.21. The van der Waals surface area contributed by atoms with Gasteiger partial charge in [-0.1, -0.05) is 0 Å². The summed E-state index contributed by atoms with van der Waals surface area (Å²) in [7, 11) is 4.28. The summed E-state index contributed by atoms with van der Waals surface area (Å²) in [6.45, 7) is 5.59. The molecule has 1 aromatic rings. The van der Waals surface area contributed by atoms with E-state index in [1.165, 1.54) is 25.1 Å². The number of rotatable bonds is 4. The highest BCUT2D eigenvalue weighted by Gasteiger charge is 2.40. The Morgan fingerprint density at radius 3 is 3.11 bits per heavy atom. The summed E-state index contributed by atoms with van der Waals surface area (Å²) in [6.07, 6.45) is 1.76. The van der Waals surface area contributed by atoms with Crippen LogP contribution in [0.1, 0.15) is 12.0 Å². The van der Waals surface area contributed by atoms with Crippen LogP contribution in [-0.2, 0) is 11.3 Å². The van der Waals surface area contributed by atoms with Gasteiger partial charge in [0, 0.05) is 25.6 Å². The molecule has 0 amide bonds. The van der Waals surface area contributed by atoms with Gasteiger partial charge in [-0.2, -0.15) is 11.3 Å². The van der Waals surface area contributed by atoms with Crippen LogP contribution in [0.3, 0.4) is 0 Å². The molecular formula is C15H24N2OS. The molecule has 3 heterocycles. The van der Waals surface area contributed by atoms with E-state index in [4.69, 9.17) is 4.74 Å². The molecule has 0 radical (unpaired) electrons. The molecule has 19 heavy (non-hydrogen) atoms. The lowest BCUT2D eigenvalue weighted by Crippen LogP contribution is -2.42. The minimum atomic E-state index is 0.461. The second kappa shape index (κ2) is 5.92. The number of piperidine rings is 1. The van der Waals surface area contributed by atoms with Gasteiger partial charge in [0.25, 0.3) is 0 Å². The molecule has 1 aromatic heterocycles. The molecule has 4 heteroatoms. The lowest BCUT2D eigenvalue weighted by molar-refractivity contribution is 0.0626. The van der Waals surface area contributed by atoms with Gasteiger partial charge in [-0.25, -0.2) is 0 Å². The first kappa shape index (κ1) is 13.6. The SMILES string of the molecule is CN(C)C[C@@H]1OC[C@@H]2CN(Cc3ccsc3)CC[C@@H]21. The molecule has 0 unspecified atom stereocenters. The van der Waals surface area contributed by atoms with Crippen molar-refractivity contribution < 1.29 is 4.74 Å². The Kier molecular flexibility index (Phi) is 4.22. The van der Waals surface area contributed by atoms with Gasteiger partial charge < -0.3 is 9.64 Å². The van der Waals surface area contributed by atoms with Gasteiger partial charge in [-0.15, -0.1) is 0 Å². The van der Waals surface area contributed by atoms with Crippen LogP contribution in [0.4, 0.5) is 0 Å². The first-order chi connectivity index (χ1) is 9.22. The third-order valence-electron chi connectivity index (χ3n) is 4.41. The molecule has 2 fully saturated rings. The quantitative estimate of drug-likeness (QED) is 0.840. The van der Waals surface area contributed by atoms with Crippen LogP contribution in [0.2, 0.25) is 0 Å². The zero-order valence-electron chi connectivity index (χ0n) is 11.9. The molecule has 0 N–H and O–H groups in total. The third kappa shape index (κ3) is 3.19. The molecule has 3 atom stereocenters. The molecule has 2 aliphatic heterocycles. The number of likely N-dealkylation sites (tertiary alicyclic amines) is 1. The van der Waals surface area contributed by atoms with E-state index < -0.39 is 0 Å². The number of hydrogen-bond donors (Lipinski definition) is 0. The van der Waals surface area contributed by atoms with Crippen LogP contribution in [0, 0.1) is 11.8 Å². The van der Waals surface area contributed by atoms with E-state index >= 15 is 0 Å². The molecule has 2 aliphatic rings. The Bertz CT molecular complexity index is 393. The monoisotopic (exact) mass is 280 g/mol. The minimum absolute atomic E-state index is 0.461. The third-order valence-corrected chi connectivity index (χ3v) is 5.14. The summed E-state index contributed by atoms with van der Waals surface area (Å²) in [5, 5.41) is 4.44. The van der Waals surface area contributed by atoms with Crippen molar-refractivity contribution in [2.24, 2.45) is 11.8 Å². The smallest absolute Gasteiger partial charge is 0.0734 e. The van der Waals surface area contributed by atoms with Gasteiger partial charge in [0.2, 0.25) is 0 Å². The van der Waals surface area contributed by atoms with Crippen molar-refractivity contribution in [3.63, 3.8) is 0 Å². The van der Waals surface area contributed by atoms with E-state index in [9.17, 15) is 0 Å². The fourth-order valence-corrected chi connectivity index (χ4v) is 4.15. The summed E-state index contributed by atoms with van der Waals surface area (Å²) in [5.41, 5.74) is 1.47. The summed E-state index contributed by atoms with van der Waals surface area (Å²) in [4.78, 5) is 4.86. The Balaban J connectivity index is 1.55. The lowest BCUT2D eigenvalue weighted by atomic mass is 9.84. The Morgan fingerprint density at radius 1 is 1.47 bits per heavy atom. The summed E-state index contributed by atoms with van der Waals surface area (Å²) in [5.74, 6) is 1.53. The van der Waals surface area contributed by atoms with E-state index in [-0.39, 0.29) is 0 Å². The van der Waals surface area contributed by atoms with E-state index in [2.05, 4.69) is 40.7 Å².